The number of aromatic amines is 1. The molecule has 0 unspecified atom stereocenters. The minimum absolute atomic E-state index is 0.260. The highest BCUT2D eigenvalue weighted by atomic mass is 19.1. The number of aromatic nitrogens is 2. The van der Waals surface area contributed by atoms with Crippen LogP contribution in [0.15, 0.2) is 42.6 Å². The van der Waals surface area contributed by atoms with Gasteiger partial charge in [-0.15, -0.1) is 0 Å². The van der Waals surface area contributed by atoms with Crippen molar-refractivity contribution < 1.29 is 13.9 Å². The van der Waals surface area contributed by atoms with E-state index in [1.165, 1.54) is 19.4 Å². The number of carbonyl (C=O) groups excluding carboxylic acids is 1. The van der Waals surface area contributed by atoms with Crippen LogP contribution in [0.4, 0.5) is 4.39 Å². The summed E-state index contributed by atoms with van der Waals surface area (Å²) in [5, 5.41) is 1.25. The van der Waals surface area contributed by atoms with E-state index in [9.17, 15) is 9.18 Å². The number of esters is 1. The molecule has 4 nitrogen and oxygen atoms in total. The van der Waals surface area contributed by atoms with Crippen molar-refractivity contribution in [3.05, 3.63) is 54.1 Å². The second-order valence-corrected chi connectivity index (χ2v) is 4.28. The smallest absolute Gasteiger partial charge is 0.356 e. The Balaban J connectivity index is 2.17. The van der Waals surface area contributed by atoms with E-state index >= 15 is 0 Å². The summed E-state index contributed by atoms with van der Waals surface area (Å²) in [6.45, 7) is 0. The van der Waals surface area contributed by atoms with E-state index in [1.54, 1.807) is 18.2 Å². The third-order valence-electron chi connectivity index (χ3n) is 3.11. The third kappa shape index (κ3) is 1.93. The van der Waals surface area contributed by atoms with Crippen molar-refractivity contribution >= 4 is 16.7 Å². The van der Waals surface area contributed by atoms with Crippen LogP contribution >= 0.6 is 0 Å². The van der Waals surface area contributed by atoms with Crippen molar-refractivity contribution in [3.63, 3.8) is 0 Å². The van der Waals surface area contributed by atoms with E-state index < -0.39 is 5.97 Å². The molecule has 0 atom stereocenters. The van der Waals surface area contributed by atoms with Gasteiger partial charge in [-0.05, 0) is 17.5 Å². The van der Waals surface area contributed by atoms with Crippen molar-refractivity contribution in [1.29, 1.82) is 0 Å². The molecule has 0 amide bonds. The predicted molar refractivity (Wildman–Crippen MR) is 72.8 cm³/mol. The molecule has 1 aromatic heterocycles. The largest absolute Gasteiger partial charge is 0.464 e. The monoisotopic (exact) mass is 270 g/mol. The number of hydrogen-bond acceptors (Lipinski definition) is 3. The lowest BCUT2D eigenvalue weighted by atomic mass is 10.0. The molecular formula is C15H11FN2O2. The molecule has 0 aliphatic rings. The van der Waals surface area contributed by atoms with Crippen LogP contribution in [0.2, 0.25) is 0 Å². The van der Waals surface area contributed by atoms with Crippen LogP contribution in [0.5, 0.6) is 0 Å². The summed E-state index contributed by atoms with van der Waals surface area (Å²) >= 11 is 0. The van der Waals surface area contributed by atoms with Crippen LogP contribution in [-0.2, 0) is 4.74 Å². The van der Waals surface area contributed by atoms with E-state index in [1.807, 2.05) is 12.1 Å². The zero-order valence-electron chi connectivity index (χ0n) is 10.7. The predicted octanol–water partition coefficient (Wildman–Crippen LogP) is 3.16. The number of nitrogens with zero attached hydrogens (tertiary/aromatic N) is 1. The first-order chi connectivity index (χ1) is 9.70. The number of rotatable bonds is 2. The van der Waals surface area contributed by atoms with Gasteiger partial charge in [0.15, 0.2) is 0 Å². The molecule has 0 aliphatic carbocycles. The van der Waals surface area contributed by atoms with Gasteiger partial charge in [0.2, 0.25) is 0 Å². The Morgan fingerprint density at radius 1 is 1.20 bits per heavy atom. The van der Waals surface area contributed by atoms with E-state index in [0.717, 1.165) is 10.9 Å². The molecule has 0 fully saturated rings. The molecule has 0 saturated carbocycles. The van der Waals surface area contributed by atoms with Crippen LogP contribution in [0.1, 0.15) is 10.5 Å². The summed E-state index contributed by atoms with van der Waals surface area (Å²) in [7, 11) is 1.30. The number of nitrogens with one attached hydrogen (secondary N) is 1. The first kappa shape index (κ1) is 12.3. The number of methoxy groups -OCH3 is 1. The lowest BCUT2D eigenvalue weighted by Gasteiger charge is -2.05. The number of hydrogen-bond donors (Lipinski definition) is 1. The van der Waals surface area contributed by atoms with Gasteiger partial charge in [0, 0.05) is 10.9 Å². The van der Waals surface area contributed by atoms with Gasteiger partial charge < -0.3 is 9.72 Å². The summed E-state index contributed by atoms with van der Waals surface area (Å²) in [5.41, 5.74) is 0.994. The Morgan fingerprint density at radius 2 is 1.95 bits per heavy atom. The Bertz CT molecular complexity index is 795. The fourth-order valence-corrected chi connectivity index (χ4v) is 2.14. The standard InChI is InChI=1S/C15H11FN2O2/c1-20-15(19)13-8-17-14(18-13)11-6-7-12(16)10-5-3-2-4-9(10)11/h2-8H,1H3,(H,17,18). The van der Waals surface area contributed by atoms with Crippen LogP contribution in [0.25, 0.3) is 22.2 Å². The maximum atomic E-state index is 13.8. The molecule has 1 N–H and O–H groups in total. The molecule has 3 aromatic rings. The van der Waals surface area contributed by atoms with Crippen LogP contribution in [-0.4, -0.2) is 23.0 Å². The Hall–Kier alpha value is -2.69. The summed E-state index contributed by atoms with van der Waals surface area (Å²) in [4.78, 5) is 18.5. The van der Waals surface area contributed by atoms with Crippen LogP contribution in [0.3, 0.4) is 0 Å². The Morgan fingerprint density at radius 3 is 2.70 bits per heavy atom. The number of halogens is 1. The molecule has 0 bridgehead atoms. The van der Waals surface area contributed by atoms with E-state index in [4.69, 9.17) is 0 Å². The number of benzene rings is 2. The quantitative estimate of drug-likeness (QED) is 0.728. The minimum Gasteiger partial charge on any atom is -0.464 e. The minimum atomic E-state index is -0.491. The second kappa shape index (κ2) is 4.77. The molecule has 0 radical (unpaired) electrons. The third-order valence-corrected chi connectivity index (χ3v) is 3.11. The van der Waals surface area contributed by atoms with Gasteiger partial charge in [-0.2, -0.15) is 0 Å². The van der Waals surface area contributed by atoms with Gasteiger partial charge >= 0.3 is 5.97 Å². The molecule has 2 aromatic carbocycles. The van der Waals surface area contributed by atoms with E-state index in [0.29, 0.717) is 11.2 Å². The Kier molecular flexibility index (Phi) is 2.95. The molecule has 20 heavy (non-hydrogen) atoms. The summed E-state index contributed by atoms with van der Waals surface area (Å²) in [5.74, 6) is -0.277. The number of H-pyrrole nitrogens is 1. The van der Waals surface area contributed by atoms with Gasteiger partial charge in [-0.1, -0.05) is 24.3 Å². The normalized spacial score (nSPS) is 10.7. The number of fused-ring (bicyclic) bond motifs is 1. The van der Waals surface area contributed by atoms with Crippen molar-refractivity contribution in [2.24, 2.45) is 0 Å². The molecule has 3 rings (SSSR count). The van der Waals surface area contributed by atoms with Crippen molar-refractivity contribution in [2.75, 3.05) is 7.11 Å². The molecule has 100 valence electrons. The second-order valence-electron chi connectivity index (χ2n) is 4.28. The SMILES string of the molecule is COC(=O)c1cnc(-c2ccc(F)c3ccccc23)[nH]1. The van der Waals surface area contributed by atoms with Gasteiger partial charge in [-0.25, -0.2) is 14.2 Å². The highest BCUT2D eigenvalue weighted by molar-refractivity contribution is 5.96. The van der Waals surface area contributed by atoms with Gasteiger partial charge in [0.1, 0.15) is 17.3 Å². The maximum Gasteiger partial charge on any atom is 0.356 e. The van der Waals surface area contributed by atoms with Gasteiger partial charge in [0.25, 0.3) is 0 Å². The number of imidazole rings is 1. The van der Waals surface area contributed by atoms with Crippen LogP contribution in [0, 0.1) is 5.82 Å². The molecule has 0 saturated heterocycles. The summed E-state index contributed by atoms with van der Waals surface area (Å²) in [6, 6.07) is 10.1. The topological polar surface area (TPSA) is 55.0 Å². The average molecular weight is 270 g/mol. The first-order valence-electron chi connectivity index (χ1n) is 6.01. The van der Waals surface area contributed by atoms with Crippen molar-refractivity contribution in [1.82, 2.24) is 9.97 Å². The van der Waals surface area contributed by atoms with Gasteiger partial charge in [0.05, 0.1) is 13.3 Å². The summed E-state index contributed by atoms with van der Waals surface area (Å²) in [6.07, 6.45) is 1.40. The zero-order valence-corrected chi connectivity index (χ0v) is 10.7. The van der Waals surface area contributed by atoms with Gasteiger partial charge in [-0.3, -0.25) is 0 Å². The fraction of sp³-hybridized carbons (Fsp3) is 0.0667. The highest BCUT2D eigenvalue weighted by Crippen LogP contribution is 2.28. The number of carbonyl (C=O) groups is 1. The Labute approximate surface area is 114 Å². The number of ether oxygens (including phenoxy) is 1. The van der Waals surface area contributed by atoms with Crippen LogP contribution < -0.4 is 0 Å². The summed E-state index contributed by atoms with van der Waals surface area (Å²) < 4.78 is 18.4. The zero-order chi connectivity index (χ0) is 14.1. The lowest BCUT2D eigenvalue weighted by Crippen LogP contribution is -2.01. The van der Waals surface area contributed by atoms with E-state index in [2.05, 4.69) is 14.7 Å². The lowest BCUT2D eigenvalue weighted by molar-refractivity contribution is 0.0595. The molecule has 5 heteroatoms. The molecular weight excluding hydrogens is 259 g/mol. The molecule has 0 aliphatic heterocycles. The van der Waals surface area contributed by atoms with Crippen molar-refractivity contribution in [2.45, 2.75) is 0 Å². The first-order valence-corrected chi connectivity index (χ1v) is 6.01. The maximum absolute atomic E-state index is 13.8. The van der Waals surface area contributed by atoms with Crippen molar-refractivity contribution in [3.8, 4) is 11.4 Å². The average Bonchev–Trinajstić information content (AvgIpc) is 2.97. The molecule has 1 heterocycles. The fourth-order valence-electron chi connectivity index (χ4n) is 2.14. The van der Waals surface area contributed by atoms with E-state index in [-0.39, 0.29) is 11.5 Å². The highest BCUT2D eigenvalue weighted by Gasteiger charge is 2.13. The molecule has 0 spiro atoms.